The lowest BCUT2D eigenvalue weighted by Gasteiger charge is -2.19. The van der Waals surface area contributed by atoms with Gasteiger partial charge in [-0.3, -0.25) is 5.41 Å². The third kappa shape index (κ3) is 3.32. The van der Waals surface area contributed by atoms with Crippen LogP contribution in [0.3, 0.4) is 0 Å². The van der Waals surface area contributed by atoms with Crippen molar-refractivity contribution in [2.45, 2.75) is 59.0 Å². The minimum Gasteiger partial charge on any atom is -0.474 e. The molecule has 3 nitrogen and oxygen atoms in total. The van der Waals surface area contributed by atoms with Crippen molar-refractivity contribution in [2.24, 2.45) is 11.8 Å². The Kier molecular flexibility index (Phi) is 4.11. The van der Waals surface area contributed by atoms with E-state index in [9.17, 15) is 4.79 Å². The zero-order chi connectivity index (χ0) is 12.3. The predicted molar refractivity (Wildman–Crippen MR) is 64.7 cm³/mol. The molecule has 0 aromatic heterocycles. The molecule has 0 aromatic carbocycles. The van der Waals surface area contributed by atoms with Gasteiger partial charge >= 0.3 is 0 Å². The third-order valence-electron chi connectivity index (χ3n) is 3.23. The first kappa shape index (κ1) is 13.2. The van der Waals surface area contributed by atoms with Crippen LogP contribution in [0.4, 0.5) is 0 Å². The van der Waals surface area contributed by atoms with Gasteiger partial charge in [0.05, 0.1) is 0 Å². The van der Waals surface area contributed by atoms with Crippen molar-refractivity contribution in [1.29, 1.82) is 5.41 Å². The Hall–Kier alpha value is -0.860. The highest BCUT2D eigenvalue weighted by molar-refractivity contribution is 5.77. The number of hydrogen-bond donors (Lipinski definition) is 1. The predicted octanol–water partition coefficient (Wildman–Crippen LogP) is 3.17. The first-order valence-corrected chi connectivity index (χ1v) is 6.15. The lowest BCUT2D eigenvalue weighted by molar-refractivity contribution is -0.117. The van der Waals surface area contributed by atoms with Crippen LogP contribution >= 0.6 is 0 Å². The summed E-state index contributed by atoms with van der Waals surface area (Å²) in [4.78, 5) is 11.1. The largest absolute Gasteiger partial charge is 0.474 e. The number of carbonyl (C=O) groups excluding carboxylic acids is 1. The molecule has 3 heteroatoms. The maximum absolute atomic E-state index is 11.1. The molecule has 1 saturated carbocycles. The van der Waals surface area contributed by atoms with Crippen molar-refractivity contribution in [2.75, 3.05) is 0 Å². The highest BCUT2D eigenvalue weighted by atomic mass is 16.5. The first-order valence-electron chi connectivity index (χ1n) is 6.15. The normalized spacial score (nSPS) is 27.9. The molecular formula is C13H23NO2. The molecule has 0 radical (unpaired) electrons. The summed E-state index contributed by atoms with van der Waals surface area (Å²) in [7, 11) is 0. The van der Waals surface area contributed by atoms with E-state index in [1.807, 2.05) is 0 Å². The monoisotopic (exact) mass is 225 g/mol. The molecule has 0 heterocycles. The van der Waals surface area contributed by atoms with Gasteiger partial charge in [0, 0.05) is 18.8 Å². The molecule has 0 bridgehead atoms. The van der Waals surface area contributed by atoms with Crippen LogP contribution in [0.25, 0.3) is 0 Å². The molecule has 0 saturated heterocycles. The molecular weight excluding hydrogens is 202 g/mol. The number of carbonyl (C=O) groups is 1. The highest BCUT2D eigenvalue weighted by Crippen LogP contribution is 2.51. The van der Waals surface area contributed by atoms with Crippen molar-refractivity contribution < 1.29 is 9.53 Å². The molecule has 2 unspecified atom stereocenters. The van der Waals surface area contributed by atoms with Gasteiger partial charge < -0.3 is 9.53 Å². The van der Waals surface area contributed by atoms with E-state index in [0.717, 1.165) is 12.8 Å². The van der Waals surface area contributed by atoms with Crippen LogP contribution in [0.2, 0.25) is 0 Å². The van der Waals surface area contributed by atoms with E-state index in [4.69, 9.17) is 10.1 Å². The summed E-state index contributed by atoms with van der Waals surface area (Å²) in [5.74, 6) is 1.39. The molecule has 0 amide bonds. The number of nitrogens with one attached hydrogen (secondary N) is 1. The number of Topliss-reactive ketones (excluding diaryl/α,β-unsaturated/α-hetero) is 1. The van der Waals surface area contributed by atoms with Crippen LogP contribution in [0.1, 0.15) is 53.4 Å². The molecule has 1 rings (SSSR count). The molecule has 2 atom stereocenters. The Morgan fingerprint density at radius 1 is 1.56 bits per heavy atom. The van der Waals surface area contributed by atoms with Crippen molar-refractivity contribution in [1.82, 2.24) is 0 Å². The molecule has 0 spiro atoms. The number of ketones is 1. The van der Waals surface area contributed by atoms with E-state index in [2.05, 4.69) is 20.8 Å². The van der Waals surface area contributed by atoms with Crippen LogP contribution in [0.5, 0.6) is 0 Å². The average molecular weight is 225 g/mol. The topological polar surface area (TPSA) is 50.1 Å². The molecule has 0 aliphatic heterocycles. The molecule has 92 valence electrons. The van der Waals surface area contributed by atoms with Gasteiger partial charge in [0.2, 0.25) is 0 Å². The Morgan fingerprint density at radius 3 is 2.62 bits per heavy atom. The van der Waals surface area contributed by atoms with Crippen LogP contribution in [-0.4, -0.2) is 17.3 Å². The van der Waals surface area contributed by atoms with Gasteiger partial charge in [-0.15, -0.1) is 0 Å². The SMILES string of the molecule is CCC1(OC(=N)CC(C)C)CC1CC(C)=O. The number of hydrogen-bond acceptors (Lipinski definition) is 3. The standard InChI is InChI=1S/C13H23NO2/c1-5-13(8-11(13)7-10(4)15)16-12(14)6-9(2)3/h9,11,14H,5-8H2,1-4H3. The van der Waals surface area contributed by atoms with Gasteiger partial charge in [0.25, 0.3) is 0 Å². The van der Waals surface area contributed by atoms with Crippen LogP contribution in [0.15, 0.2) is 0 Å². The molecule has 1 fully saturated rings. The smallest absolute Gasteiger partial charge is 0.181 e. The van der Waals surface area contributed by atoms with E-state index in [1.54, 1.807) is 6.92 Å². The first-order chi connectivity index (χ1) is 7.39. The summed E-state index contributed by atoms with van der Waals surface area (Å²) < 4.78 is 5.75. The lowest BCUT2D eigenvalue weighted by Crippen LogP contribution is -2.22. The van der Waals surface area contributed by atoms with Crippen molar-refractivity contribution >= 4 is 11.7 Å². The molecule has 0 aromatic rings. The van der Waals surface area contributed by atoms with Gasteiger partial charge in [0.1, 0.15) is 11.4 Å². The van der Waals surface area contributed by atoms with Crippen LogP contribution in [-0.2, 0) is 9.53 Å². The average Bonchev–Trinajstić information content (AvgIpc) is 2.76. The summed E-state index contributed by atoms with van der Waals surface area (Å²) in [6.07, 6.45) is 3.12. The summed E-state index contributed by atoms with van der Waals surface area (Å²) in [6.45, 7) is 7.86. The maximum atomic E-state index is 11.1. The Labute approximate surface area is 98.1 Å². The van der Waals surface area contributed by atoms with E-state index in [0.29, 0.717) is 30.6 Å². The fourth-order valence-electron chi connectivity index (χ4n) is 2.25. The van der Waals surface area contributed by atoms with Crippen LogP contribution in [0, 0.1) is 17.2 Å². The quantitative estimate of drug-likeness (QED) is 0.557. The summed E-state index contributed by atoms with van der Waals surface area (Å²) >= 11 is 0. The molecule has 1 aliphatic rings. The van der Waals surface area contributed by atoms with Gasteiger partial charge in [-0.1, -0.05) is 20.8 Å². The number of rotatable bonds is 6. The van der Waals surface area contributed by atoms with Gasteiger partial charge in [-0.05, 0) is 25.7 Å². The highest BCUT2D eigenvalue weighted by Gasteiger charge is 2.55. The molecule has 1 N–H and O–H groups in total. The minimum absolute atomic E-state index is 0.197. The van der Waals surface area contributed by atoms with E-state index in [1.165, 1.54) is 0 Å². The second-order valence-corrected chi connectivity index (χ2v) is 5.35. The summed E-state index contributed by atoms with van der Waals surface area (Å²) in [6, 6.07) is 0. The van der Waals surface area contributed by atoms with Crippen molar-refractivity contribution in [3.05, 3.63) is 0 Å². The third-order valence-corrected chi connectivity index (χ3v) is 3.23. The fraction of sp³-hybridized carbons (Fsp3) is 0.846. The summed E-state index contributed by atoms with van der Waals surface area (Å²) in [5, 5.41) is 7.78. The second kappa shape index (κ2) is 4.98. The molecule has 16 heavy (non-hydrogen) atoms. The lowest BCUT2D eigenvalue weighted by atomic mass is 10.1. The van der Waals surface area contributed by atoms with Crippen LogP contribution < -0.4 is 0 Å². The zero-order valence-corrected chi connectivity index (χ0v) is 10.8. The van der Waals surface area contributed by atoms with Gasteiger partial charge in [0.15, 0.2) is 5.90 Å². The van der Waals surface area contributed by atoms with Crippen molar-refractivity contribution in [3.8, 4) is 0 Å². The van der Waals surface area contributed by atoms with E-state index < -0.39 is 0 Å². The Morgan fingerprint density at radius 2 is 2.19 bits per heavy atom. The fourth-order valence-corrected chi connectivity index (χ4v) is 2.25. The Balaban J connectivity index is 2.45. The van der Waals surface area contributed by atoms with Gasteiger partial charge in [-0.25, -0.2) is 0 Å². The zero-order valence-electron chi connectivity index (χ0n) is 10.8. The summed E-state index contributed by atoms with van der Waals surface area (Å²) in [5.41, 5.74) is -0.197. The Bertz CT molecular complexity index is 286. The molecule has 1 aliphatic carbocycles. The van der Waals surface area contributed by atoms with Crippen molar-refractivity contribution in [3.63, 3.8) is 0 Å². The van der Waals surface area contributed by atoms with E-state index >= 15 is 0 Å². The number of ether oxygens (including phenoxy) is 1. The minimum atomic E-state index is -0.197. The van der Waals surface area contributed by atoms with Gasteiger partial charge in [-0.2, -0.15) is 0 Å². The maximum Gasteiger partial charge on any atom is 0.181 e. The van der Waals surface area contributed by atoms with E-state index in [-0.39, 0.29) is 11.4 Å². The second-order valence-electron chi connectivity index (χ2n) is 5.35.